The Bertz CT molecular complexity index is 507. The fourth-order valence-electron chi connectivity index (χ4n) is 2.06. The molecule has 4 heteroatoms. The lowest BCUT2D eigenvalue weighted by Gasteiger charge is -2.14. The van der Waals surface area contributed by atoms with Crippen molar-refractivity contribution in [2.75, 3.05) is 14.2 Å². The number of aryl methyl sites for hydroxylation is 1. The summed E-state index contributed by atoms with van der Waals surface area (Å²) in [6, 6.07) is 10.3. The van der Waals surface area contributed by atoms with E-state index < -0.39 is 0 Å². The largest absolute Gasteiger partial charge is 0.497 e. The number of furan rings is 1. The van der Waals surface area contributed by atoms with Crippen LogP contribution in [-0.4, -0.2) is 14.2 Å². The average molecular weight is 324 g/mol. The SMILES string of the molecule is CNC(CCc1ccc(OC)cc1)c1occc1Br. The lowest BCUT2D eigenvalue weighted by molar-refractivity contribution is 0.410. The Morgan fingerprint density at radius 1 is 1.26 bits per heavy atom. The molecule has 0 aliphatic rings. The molecular formula is C15H18BrNO2. The summed E-state index contributed by atoms with van der Waals surface area (Å²) in [6.07, 6.45) is 3.68. The van der Waals surface area contributed by atoms with Gasteiger partial charge in [0.2, 0.25) is 0 Å². The van der Waals surface area contributed by atoms with E-state index >= 15 is 0 Å². The molecular weight excluding hydrogens is 306 g/mol. The molecule has 0 aliphatic heterocycles. The van der Waals surface area contributed by atoms with Crippen molar-refractivity contribution in [2.45, 2.75) is 18.9 Å². The Morgan fingerprint density at radius 2 is 2.00 bits per heavy atom. The predicted molar refractivity (Wildman–Crippen MR) is 79.5 cm³/mol. The van der Waals surface area contributed by atoms with Crippen molar-refractivity contribution in [3.05, 3.63) is 52.4 Å². The van der Waals surface area contributed by atoms with Gasteiger partial charge in [0.15, 0.2) is 0 Å². The Hall–Kier alpha value is -1.26. The number of rotatable bonds is 6. The quantitative estimate of drug-likeness (QED) is 0.874. The monoisotopic (exact) mass is 323 g/mol. The number of benzene rings is 1. The number of methoxy groups -OCH3 is 1. The van der Waals surface area contributed by atoms with Gasteiger partial charge in [0, 0.05) is 0 Å². The smallest absolute Gasteiger partial charge is 0.134 e. The minimum absolute atomic E-state index is 0.214. The summed E-state index contributed by atoms with van der Waals surface area (Å²) in [5, 5.41) is 3.29. The van der Waals surface area contributed by atoms with E-state index in [1.54, 1.807) is 13.4 Å². The molecule has 0 spiro atoms. The molecule has 0 saturated carbocycles. The highest BCUT2D eigenvalue weighted by molar-refractivity contribution is 9.10. The van der Waals surface area contributed by atoms with E-state index in [1.807, 2.05) is 25.2 Å². The minimum Gasteiger partial charge on any atom is -0.497 e. The lowest BCUT2D eigenvalue weighted by atomic mass is 10.0. The van der Waals surface area contributed by atoms with E-state index in [2.05, 4.69) is 33.4 Å². The fraction of sp³-hybridized carbons (Fsp3) is 0.333. The van der Waals surface area contributed by atoms with Crippen LogP contribution in [0.1, 0.15) is 23.8 Å². The third kappa shape index (κ3) is 3.61. The normalized spacial score (nSPS) is 12.4. The second-order valence-electron chi connectivity index (χ2n) is 4.36. The molecule has 1 atom stereocenters. The molecule has 0 radical (unpaired) electrons. The summed E-state index contributed by atoms with van der Waals surface area (Å²) in [6.45, 7) is 0. The van der Waals surface area contributed by atoms with Crippen LogP contribution in [0, 0.1) is 0 Å². The first-order chi connectivity index (χ1) is 9.24. The number of hydrogen-bond donors (Lipinski definition) is 1. The Balaban J connectivity index is 1.98. The molecule has 2 aromatic rings. The molecule has 19 heavy (non-hydrogen) atoms. The predicted octanol–water partition coefficient (Wildman–Crippen LogP) is 3.94. The van der Waals surface area contributed by atoms with Crippen molar-refractivity contribution < 1.29 is 9.15 Å². The van der Waals surface area contributed by atoms with Crippen molar-refractivity contribution in [1.82, 2.24) is 5.32 Å². The molecule has 0 fully saturated rings. The zero-order valence-electron chi connectivity index (χ0n) is 11.2. The average Bonchev–Trinajstić information content (AvgIpc) is 2.87. The zero-order valence-corrected chi connectivity index (χ0v) is 12.7. The van der Waals surface area contributed by atoms with Crippen LogP contribution in [0.4, 0.5) is 0 Å². The maximum absolute atomic E-state index is 5.51. The van der Waals surface area contributed by atoms with Crippen LogP contribution in [0.2, 0.25) is 0 Å². The van der Waals surface area contributed by atoms with Gasteiger partial charge in [-0.05, 0) is 59.6 Å². The first-order valence-electron chi connectivity index (χ1n) is 6.27. The second kappa shape index (κ2) is 6.78. The van der Waals surface area contributed by atoms with Gasteiger partial charge in [-0.25, -0.2) is 0 Å². The van der Waals surface area contributed by atoms with Crippen molar-refractivity contribution in [3.63, 3.8) is 0 Å². The molecule has 0 amide bonds. The summed E-state index contributed by atoms with van der Waals surface area (Å²) in [4.78, 5) is 0. The van der Waals surface area contributed by atoms with Crippen LogP contribution in [0.3, 0.4) is 0 Å². The first kappa shape index (κ1) is 14.2. The van der Waals surface area contributed by atoms with Gasteiger partial charge >= 0.3 is 0 Å². The van der Waals surface area contributed by atoms with Gasteiger partial charge in [-0.1, -0.05) is 12.1 Å². The Labute approximate surface area is 122 Å². The van der Waals surface area contributed by atoms with Gasteiger partial charge in [-0.15, -0.1) is 0 Å². The topological polar surface area (TPSA) is 34.4 Å². The van der Waals surface area contributed by atoms with Gasteiger partial charge in [0.1, 0.15) is 11.5 Å². The van der Waals surface area contributed by atoms with E-state index in [9.17, 15) is 0 Å². The molecule has 1 unspecified atom stereocenters. The van der Waals surface area contributed by atoms with Gasteiger partial charge in [0.05, 0.1) is 23.9 Å². The number of nitrogens with one attached hydrogen (secondary N) is 1. The van der Waals surface area contributed by atoms with Crippen LogP contribution < -0.4 is 10.1 Å². The number of ether oxygens (including phenoxy) is 1. The van der Waals surface area contributed by atoms with Gasteiger partial charge in [0.25, 0.3) is 0 Å². The molecule has 1 aromatic heterocycles. The van der Waals surface area contributed by atoms with Crippen LogP contribution in [0.25, 0.3) is 0 Å². The maximum atomic E-state index is 5.51. The Morgan fingerprint density at radius 3 is 2.53 bits per heavy atom. The molecule has 3 nitrogen and oxygen atoms in total. The molecule has 0 saturated heterocycles. The Kier molecular flexibility index (Phi) is 5.05. The highest BCUT2D eigenvalue weighted by Gasteiger charge is 2.15. The maximum Gasteiger partial charge on any atom is 0.134 e. The second-order valence-corrected chi connectivity index (χ2v) is 5.22. The molecule has 0 aliphatic carbocycles. The van der Waals surface area contributed by atoms with Crippen LogP contribution in [0.15, 0.2) is 45.5 Å². The number of hydrogen-bond acceptors (Lipinski definition) is 3. The highest BCUT2D eigenvalue weighted by atomic mass is 79.9. The molecule has 2 rings (SSSR count). The molecule has 102 valence electrons. The van der Waals surface area contributed by atoms with E-state index in [1.165, 1.54) is 5.56 Å². The van der Waals surface area contributed by atoms with Crippen molar-refractivity contribution in [2.24, 2.45) is 0 Å². The number of halogens is 1. The first-order valence-corrected chi connectivity index (χ1v) is 7.07. The van der Waals surface area contributed by atoms with Crippen LogP contribution >= 0.6 is 15.9 Å². The van der Waals surface area contributed by atoms with E-state index in [-0.39, 0.29) is 6.04 Å². The van der Waals surface area contributed by atoms with E-state index in [0.29, 0.717) is 0 Å². The van der Waals surface area contributed by atoms with Gasteiger partial charge < -0.3 is 14.5 Å². The summed E-state index contributed by atoms with van der Waals surface area (Å²) in [5.41, 5.74) is 1.30. The minimum atomic E-state index is 0.214. The summed E-state index contributed by atoms with van der Waals surface area (Å²) < 4.78 is 11.7. The van der Waals surface area contributed by atoms with Crippen molar-refractivity contribution >= 4 is 15.9 Å². The molecule has 0 bridgehead atoms. The molecule has 1 aromatic carbocycles. The van der Waals surface area contributed by atoms with Crippen molar-refractivity contribution in [3.8, 4) is 5.75 Å². The highest BCUT2D eigenvalue weighted by Crippen LogP contribution is 2.27. The van der Waals surface area contributed by atoms with E-state index in [0.717, 1.165) is 28.8 Å². The standard InChI is InChI=1S/C15H18BrNO2/c1-17-14(15-13(16)9-10-19-15)8-5-11-3-6-12(18-2)7-4-11/h3-4,6-7,9-10,14,17H,5,8H2,1-2H3. The summed E-state index contributed by atoms with van der Waals surface area (Å²) >= 11 is 3.50. The van der Waals surface area contributed by atoms with Gasteiger partial charge in [-0.2, -0.15) is 0 Å². The fourth-order valence-corrected chi connectivity index (χ4v) is 2.54. The zero-order chi connectivity index (χ0) is 13.7. The summed E-state index contributed by atoms with van der Waals surface area (Å²) in [7, 11) is 3.63. The third-order valence-corrected chi connectivity index (χ3v) is 3.85. The lowest BCUT2D eigenvalue weighted by Crippen LogP contribution is -2.16. The third-order valence-electron chi connectivity index (χ3n) is 3.19. The van der Waals surface area contributed by atoms with Gasteiger partial charge in [-0.3, -0.25) is 0 Å². The van der Waals surface area contributed by atoms with E-state index in [4.69, 9.17) is 9.15 Å². The molecule has 1 N–H and O–H groups in total. The van der Waals surface area contributed by atoms with Crippen LogP contribution in [0.5, 0.6) is 5.75 Å². The van der Waals surface area contributed by atoms with Crippen molar-refractivity contribution in [1.29, 1.82) is 0 Å². The molecule has 1 heterocycles. The summed E-state index contributed by atoms with van der Waals surface area (Å²) in [5.74, 6) is 1.85. The van der Waals surface area contributed by atoms with Crippen LogP contribution in [-0.2, 0) is 6.42 Å².